The highest BCUT2D eigenvalue weighted by molar-refractivity contribution is 14.1. The van der Waals surface area contributed by atoms with E-state index in [0.717, 1.165) is 103 Å². The lowest BCUT2D eigenvalue weighted by Crippen LogP contribution is -2.45. The molecule has 1 fully saturated rings. The summed E-state index contributed by atoms with van der Waals surface area (Å²) in [4.78, 5) is 117. The number of amides is 4. The molecule has 0 saturated heterocycles. The van der Waals surface area contributed by atoms with E-state index in [9.17, 15) is 66.1 Å². The van der Waals surface area contributed by atoms with Crippen LogP contribution in [0, 0.1) is 23.3 Å². The fraction of sp³-hybridized carbons (Fsp3) is 0.309. The molecule has 4 aromatic heterocycles. The molecule has 1 saturated carbocycles. The summed E-state index contributed by atoms with van der Waals surface area (Å²) in [6.45, 7) is 4.52. The zero-order chi connectivity index (χ0) is 101. The molecule has 24 nitrogen and oxygen atoms in total. The summed E-state index contributed by atoms with van der Waals surface area (Å²) in [5.74, 6) is -3.43. The van der Waals surface area contributed by atoms with Gasteiger partial charge in [-0.25, -0.2) is 17.6 Å². The van der Waals surface area contributed by atoms with E-state index in [-0.39, 0.29) is 174 Å². The van der Waals surface area contributed by atoms with Gasteiger partial charge in [-0.3, -0.25) is 38.4 Å². The lowest BCUT2D eigenvalue weighted by molar-refractivity contribution is -0.0560. The van der Waals surface area contributed by atoms with Crippen molar-refractivity contribution in [3.63, 3.8) is 0 Å². The number of carbonyl (C=O) groups excluding carboxylic acids is 4. The molecule has 9 aliphatic rings. The van der Waals surface area contributed by atoms with Gasteiger partial charge in [0.2, 0.25) is 21.7 Å². The number of alkyl halides is 1. The van der Waals surface area contributed by atoms with Crippen LogP contribution < -0.4 is 40.7 Å². The highest BCUT2D eigenvalue weighted by Gasteiger charge is 2.53. The summed E-state index contributed by atoms with van der Waals surface area (Å²) >= 11 is 29.4. The Kier molecular flexibility index (Phi) is 31.9. The number of rotatable bonds is 23. The first-order valence-corrected chi connectivity index (χ1v) is 51.2. The average molecular weight is 2210 g/mol. The quantitative estimate of drug-likeness (QED) is 0.0261. The second-order valence-corrected chi connectivity index (χ2v) is 40.4. The van der Waals surface area contributed by atoms with E-state index in [4.69, 9.17) is 74.8 Å². The molecule has 6 aliphatic heterocycles. The Morgan fingerprint density at radius 1 is 0.396 bits per heavy atom. The van der Waals surface area contributed by atoms with Gasteiger partial charge in [-0.05, 0) is 172 Å². The molecule has 3 aliphatic carbocycles. The molecule has 21 rings (SSSR count). The van der Waals surface area contributed by atoms with Crippen LogP contribution in [-0.2, 0) is 126 Å². The second-order valence-electron chi connectivity index (χ2n) is 36.5. The van der Waals surface area contributed by atoms with Crippen LogP contribution in [0.1, 0.15) is 197 Å². The van der Waals surface area contributed by atoms with E-state index in [2.05, 4.69) is 50.7 Å². The maximum absolute atomic E-state index is 14.2. The van der Waals surface area contributed by atoms with E-state index in [1.54, 1.807) is 53.0 Å². The number of aliphatic hydroxyl groups excluding tert-OH is 2. The number of aliphatic hydroxyl groups is 2. The Bertz CT molecular complexity index is 7290. The van der Waals surface area contributed by atoms with E-state index in [0.29, 0.717) is 116 Å². The molecular formula is C110H100BrCl4F4IN8O16. The van der Waals surface area contributed by atoms with Gasteiger partial charge in [0.05, 0.1) is 90.5 Å². The van der Waals surface area contributed by atoms with Crippen molar-refractivity contribution >= 4 is 114 Å². The first-order valence-electron chi connectivity index (χ1n) is 47.7. The molecule has 144 heavy (non-hydrogen) atoms. The van der Waals surface area contributed by atoms with Gasteiger partial charge < -0.3 is 76.5 Å². The van der Waals surface area contributed by atoms with Gasteiger partial charge in [-0.15, -0.1) is 0 Å². The van der Waals surface area contributed by atoms with Crippen LogP contribution in [0.2, 0.25) is 20.1 Å². The molecule has 0 radical (unpaired) electrons. The lowest BCUT2D eigenvalue weighted by Gasteiger charge is -2.38. The maximum Gasteiger partial charge on any atom is 0.274 e. The standard InChI is InChI=1S/C29H27ClFIN2O4.C29H26ClFN2O4.C29H28ClFN2O4.C23H19BrClFN2O4/c30-20-14-19(9-10-21(20)31)15-33-12-13-34-22-17-38-29(11-5-4-8-23(29)32)24(22)26(35)27(25(34)28(33)36)37-16-18-6-2-1-3-7-18;30-21-15-20(9-10-22(21)31)16-32-13-14-33-23-18-37-29(11-5-2-6-12-29)24(23)26(34)27(25(33)28(32)35)36-17-19-7-3-1-4-8-19;30-22-15-20(11-12-23(22)31)16-32-13-14-33-24(17-34)25(21-9-5-2-6-10-21)27(35)28(26(33)29(32)36)37-18-19-7-3-1-4-8-19;24-19-18(12-29)28-9-8-27(11-15-6-7-17(26)16(25)10-15)23(31)20(28)22(21(19)30)32-13-14-4-2-1-3-5-14/h1-3,6-7,9-10,14,23H,4-5,8,11-13,15-17H2;1,3-5,7-11,15H,2,6,12-14,16-18H2;1,3-4,7-9,11-12,15,34H,2,5-6,10,13-14,16-18H2;1-7,10,29H,8-9,11-13H2. The summed E-state index contributed by atoms with van der Waals surface area (Å²) in [6.07, 6.45) is 16.2. The van der Waals surface area contributed by atoms with Gasteiger partial charge in [-0.2, -0.15) is 0 Å². The van der Waals surface area contributed by atoms with Gasteiger partial charge in [0.15, 0.2) is 45.8 Å². The third-order valence-electron chi connectivity index (χ3n) is 27.5. The molecule has 3 atom stereocenters. The molecule has 4 amide bonds. The number of pyridine rings is 4. The van der Waals surface area contributed by atoms with Gasteiger partial charge in [0.1, 0.15) is 60.9 Å². The van der Waals surface area contributed by atoms with Crippen LogP contribution in [-0.4, -0.2) is 102 Å². The summed E-state index contributed by atoms with van der Waals surface area (Å²) in [7, 11) is 0. The Labute approximate surface area is 868 Å². The van der Waals surface area contributed by atoms with Crippen molar-refractivity contribution in [1.29, 1.82) is 0 Å². The number of carbonyl (C=O) groups is 4. The Morgan fingerprint density at radius 3 is 1.14 bits per heavy atom. The molecule has 10 heterocycles. The van der Waals surface area contributed by atoms with Gasteiger partial charge in [0.25, 0.3) is 23.6 Å². The van der Waals surface area contributed by atoms with Crippen molar-refractivity contribution in [2.24, 2.45) is 0 Å². The predicted molar refractivity (Wildman–Crippen MR) is 549 cm³/mol. The minimum Gasteiger partial charge on any atom is -0.483 e. The van der Waals surface area contributed by atoms with Crippen LogP contribution in [0.25, 0.3) is 5.57 Å². The van der Waals surface area contributed by atoms with E-state index in [1.807, 2.05) is 137 Å². The van der Waals surface area contributed by atoms with Crippen LogP contribution in [0.3, 0.4) is 0 Å². The predicted octanol–water partition coefficient (Wildman–Crippen LogP) is 20.8. The molecule has 2 N–H and O–H groups in total. The number of halogens is 10. The Morgan fingerprint density at radius 2 is 0.764 bits per heavy atom. The Hall–Kier alpha value is -12.0. The smallest absolute Gasteiger partial charge is 0.274 e. The minimum absolute atomic E-state index is 0.00522. The fourth-order valence-electron chi connectivity index (χ4n) is 20.3. The number of benzene rings is 8. The molecular weight excluding hydrogens is 2110 g/mol. The fourth-order valence-corrected chi connectivity index (χ4v) is 22.9. The first-order chi connectivity index (χ1) is 69.7. The maximum atomic E-state index is 14.2. The van der Waals surface area contributed by atoms with Crippen molar-refractivity contribution in [3.05, 3.63) is 408 Å². The highest BCUT2D eigenvalue weighted by Crippen LogP contribution is 2.51. The SMILES string of the molecule is O=C1c2c(OCc3ccccc3)c(=O)c(Br)c(CO)n2CCN1Cc1ccc(F)c(Cl)c1.O=C1c2c(OCc3ccccc3)c(=O)c(C3=CCCCC3)c(CO)n2CCN1Cc1ccc(F)c(Cl)c1.O=C1c2c(OCc3ccccc3)c(=O)c3c(n2CCN1Cc1ccc(F)c(Cl)c1)COC31C=CCCC1.O=C1c2c(OCc3ccccc3)c(=O)c3c(n2CCN1Cc1ccc(F)c(Cl)c1)COC31CCCCC1I. The molecule has 0 bridgehead atoms. The van der Waals surface area contributed by atoms with E-state index in [1.165, 1.54) is 48.5 Å². The number of allylic oxidation sites excluding steroid dienone is 3. The normalized spacial score (nSPS) is 18.0. The third-order valence-corrected chi connectivity index (χ3v) is 31.1. The van der Waals surface area contributed by atoms with Crippen molar-refractivity contribution in [1.82, 2.24) is 37.9 Å². The van der Waals surface area contributed by atoms with Crippen LogP contribution in [0.5, 0.6) is 23.0 Å². The average Bonchev–Trinajstić information content (AvgIpc) is 1.54. The summed E-state index contributed by atoms with van der Waals surface area (Å²) in [6, 6.07) is 55.4. The van der Waals surface area contributed by atoms with Crippen LogP contribution >= 0.6 is 84.9 Å². The zero-order valence-electron chi connectivity index (χ0n) is 78.2. The van der Waals surface area contributed by atoms with Crippen molar-refractivity contribution in [2.45, 2.75) is 191 Å². The number of fused-ring (bicyclic) bond motifs is 10. The van der Waals surface area contributed by atoms with E-state index >= 15 is 0 Å². The number of aromatic nitrogens is 4. The Balaban J connectivity index is 0.000000127. The van der Waals surface area contributed by atoms with Gasteiger partial charge in [0, 0.05) is 82.5 Å². The number of hydrogen-bond acceptors (Lipinski definition) is 16. The minimum atomic E-state index is -0.775. The van der Waals surface area contributed by atoms with Crippen LogP contribution in [0.15, 0.2) is 236 Å². The lowest BCUT2D eigenvalue weighted by atomic mass is 9.79. The van der Waals surface area contributed by atoms with Crippen molar-refractivity contribution in [2.75, 3.05) is 26.2 Å². The van der Waals surface area contributed by atoms with Crippen molar-refractivity contribution in [3.8, 4) is 23.0 Å². The summed E-state index contributed by atoms with van der Waals surface area (Å²) < 4.78 is 99.1. The van der Waals surface area contributed by atoms with Gasteiger partial charge >= 0.3 is 0 Å². The van der Waals surface area contributed by atoms with E-state index < -0.39 is 52.4 Å². The largest absolute Gasteiger partial charge is 0.483 e. The molecule has 746 valence electrons. The van der Waals surface area contributed by atoms with Crippen molar-refractivity contribution < 1.29 is 75.4 Å². The summed E-state index contributed by atoms with van der Waals surface area (Å²) in [5.41, 5.74) is 9.01. The number of nitrogens with zero attached hydrogens (tertiary/aromatic N) is 8. The number of ether oxygens (including phenoxy) is 6. The third kappa shape index (κ3) is 21.1. The molecule has 8 aromatic carbocycles. The molecule has 2 spiro atoms. The second kappa shape index (κ2) is 45.0. The van der Waals surface area contributed by atoms with Crippen LogP contribution in [0.4, 0.5) is 17.6 Å². The topological polar surface area (TPSA) is 265 Å². The molecule has 12 aromatic rings. The number of hydrogen-bond donors (Lipinski definition) is 2. The summed E-state index contributed by atoms with van der Waals surface area (Å²) in [5, 5.41) is 20.2. The zero-order valence-corrected chi connectivity index (χ0v) is 84.9. The first kappa shape index (κ1) is 102. The van der Waals surface area contributed by atoms with Gasteiger partial charge in [-0.1, -0.05) is 246 Å². The molecule has 34 heteroatoms. The highest BCUT2D eigenvalue weighted by atomic mass is 127. The monoisotopic (exact) mass is 2210 g/mol. The molecule has 3 unspecified atom stereocenters.